The first kappa shape index (κ1) is 18.0. The maximum atomic E-state index is 11.0. The van der Waals surface area contributed by atoms with Gasteiger partial charge in [0.2, 0.25) is 5.82 Å². The molecule has 0 aliphatic carbocycles. The molecule has 1 heterocycles. The molecule has 0 radical (unpaired) electrons. The maximum absolute atomic E-state index is 11.0. The third-order valence-corrected chi connectivity index (χ3v) is 4.75. The molecule has 0 amide bonds. The third-order valence-electron chi connectivity index (χ3n) is 4.75. The summed E-state index contributed by atoms with van der Waals surface area (Å²) in [7, 11) is 0. The van der Waals surface area contributed by atoms with E-state index in [1.165, 1.54) is 0 Å². The molecule has 140 valence electrons. The molecule has 1 N–H and O–H groups in total. The summed E-state index contributed by atoms with van der Waals surface area (Å²) >= 11 is 0. The van der Waals surface area contributed by atoms with Crippen LogP contribution in [0.2, 0.25) is 0 Å². The number of rotatable bonds is 3. The largest absolute Gasteiger partial charge is 0.506 e. The Hall–Kier alpha value is -3.40. The Bertz CT molecular complexity index is 1090. The van der Waals surface area contributed by atoms with Gasteiger partial charge in [0.1, 0.15) is 5.75 Å². The van der Waals surface area contributed by atoms with E-state index in [2.05, 4.69) is 30.9 Å². The number of phenolic OH excluding ortho intramolecular Hbond substituents is 1. The number of aromatic nitrogens is 2. The van der Waals surface area contributed by atoms with Gasteiger partial charge in [-0.2, -0.15) is 4.98 Å². The van der Waals surface area contributed by atoms with Gasteiger partial charge in [0.05, 0.1) is 5.56 Å². The van der Waals surface area contributed by atoms with Gasteiger partial charge >= 0.3 is 0 Å². The van der Waals surface area contributed by atoms with Crippen molar-refractivity contribution in [2.45, 2.75) is 26.2 Å². The molecule has 28 heavy (non-hydrogen) atoms. The molecule has 0 saturated heterocycles. The van der Waals surface area contributed by atoms with Crippen LogP contribution in [0.5, 0.6) is 5.75 Å². The molecule has 0 saturated carbocycles. The second kappa shape index (κ2) is 6.97. The van der Waals surface area contributed by atoms with Gasteiger partial charge in [-0.15, -0.1) is 0 Å². The van der Waals surface area contributed by atoms with E-state index < -0.39 is 0 Å². The predicted octanol–water partition coefficient (Wildman–Crippen LogP) is 6.07. The topological polar surface area (TPSA) is 59.2 Å². The van der Waals surface area contributed by atoms with Crippen LogP contribution >= 0.6 is 0 Å². The summed E-state index contributed by atoms with van der Waals surface area (Å²) in [4.78, 5) is 4.53. The van der Waals surface area contributed by atoms with Crippen LogP contribution in [-0.2, 0) is 5.41 Å². The summed E-state index contributed by atoms with van der Waals surface area (Å²) in [5, 5.41) is 15.1. The first-order valence-corrected chi connectivity index (χ1v) is 9.26. The normalized spacial score (nSPS) is 11.5. The third kappa shape index (κ3) is 3.41. The summed E-state index contributed by atoms with van der Waals surface area (Å²) in [6.45, 7) is 6.42. The molecular weight excluding hydrogens is 348 g/mol. The van der Waals surface area contributed by atoms with Gasteiger partial charge in [-0.25, -0.2) is 0 Å². The number of benzene rings is 3. The highest BCUT2D eigenvalue weighted by Crippen LogP contribution is 2.41. The van der Waals surface area contributed by atoms with E-state index in [0.29, 0.717) is 17.3 Å². The average molecular weight is 370 g/mol. The van der Waals surface area contributed by atoms with Crippen LogP contribution in [0.15, 0.2) is 77.3 Å². The first-order valence-electron chi connectivity index (χ1n) is 9.26. The number of aromatic hydroxyl groups is 1. The van der Waals surface area contributed by atoms with Gasteiger partial charge in [0, 0.05) is 11.1 Å². The zero-order chi connectivity index (χ0) is 19.7. The number of phenols is 1. The lowest BCUT2D eigenvalue weighted by Crippen LogP contribution is -2.11. The van der Waals surface area contributed by atoms with Crippen molar-refractivity contribution in [3.05, 3.63) is 78.4 Å². The van der Waals surface area contributed by atoms with Gasteiger partial charge < -0.3 is 9.63 Å². The van der Waals surface area contributed by atoms with Crippen molar-refractivity contribution >= 4 is 0 Å². The Morgan fingerprint density at radius 3 is 1.96 bits per heavy atom. The van der Waals surface area contributed by atoms with Crippen molar-refractivity contribution in [1.82, 2.24) is 10.1 Å². The Morgan fingerprint density at radius 2 is 1.36 bits per heavy atom. The summed E-state index contributed by atoms with van der Waals surface area (Å²) < 4.78 is 5.52. The van der Waals surface area contributed by atoms with E-state index in [1.54, 1.807) is 0 Å². The highest BCUT2D eigenvalue weighted by atomic mass is 16.5. The molecule has 3 aromatic carbocycles. The molecule has 0 fully saturated rings. The smallest absolute Gasteiger partial charge is 0.262 e. The lowest BCUT2D eigenvalue weighted by Gasteiger charge is -2.22. The summed E-state index contributed by atoms with van der Waals surface area (Å²) in [6, 6.07) is 23.4. The number of hydrogen-bond donors (Lipinski definition) is 1. The molecule has 0 unspecified atom stereocenters. The molecule has 4 rings (SSSR count). The lowest BCUT2D eigenvalue weighted by atomic mass is 9.83. The molecule has 0 aliphatic rings. The monoisotopic (exact) mass is 370 g/mol. The summed E-state index contributed by atoms with van der Waals surface area (Å²) in [5.41, 5.74) is 4.08. The zero-order valence-corrected chi connectivity index (χ0v) is 16.2. The SMILES string of the molecule is CC(C)(C)c1cc(-c2ccccc2)c(O)c(-c2nc(-c3ccccc3)no2)c1. The minimum atomic E-state index is -0.103. The van der Waals surface area contributed by atoms with Gasteiger partial charge in [0.25, 0.3) is 5.89 Å². The van der Waals surface area contributed by atoms with Gasteiger partial charge in [-0.05, 0) is 28.7 Å². The van der Waals surface area contributed by atoms with Gasteiger partial charge in [-0.1, -0.05) is 86.6 Å². The van der Waals surface area contributed by atoms with E-state index in [9.17, 15) is 5.11 Å². The first-order chi connectivity index (χ1) is 13.4. The van der Waals surface area contributed by atoms with Gasteiger partial charge in [-0.3, -0.25) is 0 Å². The lowest BCUT2D eigenvalue weighted by molar-refractivity contribution is 0.425. The van der Waals surface area contributed by atoms with Crippen molar-refractivity contribution in [2.75, 3.05) is 0 Å². The fraction of sp³-hybridized carbons (Fsp3) is 0.167. The van der Waals surface area contributed by atoms with Crippen molar-refractivity contribution < 1.29 is 9.63 Å². The quantitative estimate of drug-likeness (QED) is 0.475. The maximum Gasteiger partial charge on any atom is 0.262 e. The van der Waals surface area contributed by atoms with Crippen LogP contribution in [0.3, 0.4) is 0 Å². The fourth-order valence-corrected chi connectivity index (χ4v) is 3.11. The molecule has 0 bridgehead atoms. The van der Waals surface area contributed by atoms with Crippen molar-refractivity contribution in [1.29, 1.82) is 0 Å². The highest BCUT2D eigenvalue weighted by Gasteiger charge is 2.23. The summed E-state index contributed by atoms with van der Waals surface area (Å²) in [5.74, 6) is 0.944. The zero-order valence-electron chi connectivity index (χ0n) is 16.2. The Morgan fingerprint density at radius 1 is 0.786 bits per heavy atom. The molecule has 4 aromatic rings. The molecule has 0 aliphatic heterocycles. The van der Waals surface area contributed by atoms with Crippen molar-refractivity contribution in [3.63, 3.8) is 0 Å². The molecule has 0 spiro atoms. The minimum absolute atomic E-state index is 0.103. The van der Waals surface area contributed by atoms with E-state index in [0.717, 1.165) is 22.3 Å². The summed E-state index contributed by atoms with van der Waals surface area (Å²) in [6.07, 6.45) is 0. The molecule has 1 aromatic heterocycles. The van der Waals surface area contributed by atoms with Crippen molar-refractivity contribution in [3.8, 4) is 39.7 Å². The van der Waals surface area contributed by atoms with E-state index in [1.807, 2.05) is 72.8 Å². The van der Waals surface area contributed by atoms with Crippen LogP contribution < -0.4 is 0 Å². The Kier molecular flexibility index (Phi) is 4.47. The Balaban J connectivity index is 1.88. The van der Waals surface area contributed by atoms with E-state index in [-0.39, 0.29) is 11.2 Å². The van der Waals surface area contributed by atoms with Crippen LogP contribution in [-0.4, -0.2) is 15.2 Å². The van der Waals surface area contributed by atoms with Gasteiger partial charge in [0.15, 0.2) is 0 Å². The predicted molar refractivity (Wildman–Crippen MR) is 111 cm³/mol. The second-order valence-corrected chi connectivity index (χ2v) is 7.83. The number of hydrogen-bond acceptors (Lipinski definition) is 4. The molecule has 0 atom stereocenters. The molecule has 4 heteroatoms. The van der Waals surface area contributed by atoms with Crippen LogP contribution in [0, 0.1) is 0 Å². The van der Waals surface area contributed by atoms with E-state index in [4.69, 9.17) is 4.52 Å². The fourth-order valence-electron chi connectivity index (χ4n) is 3.11. The molecule has 4 nitrogen and oxygen atoms in total. The Labute approximate surface area is 164 Å². The van der Waals surface area contributed by atoms with Crippen LogP contribution in [0.4, 0.5) is 0 Å². The van der Waals surface area contributed by atoms with Crippen LogP contribution in [0.25, 0.3) is 34.0 Å². The van der Waals surface area contributed by atoms with E-state index >= 15 is 0 Å². The van der Waals surface area contributed by atoms with Crippen LogP contribution in [0.1, 0.15) is 26.3 Å². The molecular formula is C24H22N2O2. The highest BCUT2D eigenvalue weighted by molar-refractivity contribution is 5.81. The number of nitrogens with zero attached hydrogens (tertiary/aromatic N) is 2. The second-order valence-electron chi connectivity index (χ2n) is 7.83. The standard InChI is InChI=1S/C24H22N2O2/c1-24(2,3)18-14-19(16-10-6-4-7-11-16)21(27)20(15-18)23-25-22(26-28-23)17-12-8-5-9-13-17/h4-15,27H,1-3H3. The average Bonchev–Trinajstić information content (AvgIpc) is 3.18. The van der Waals surface area contributed by atoms with Crippen molar-refractivity contribution in [2.24, 2.45) is 0 Å². The minimum Gasteiger partial charge on any atom is -0.506 e.